The molecule has 0 aliphatic rings. The van der Waals surface area contributed by atoms with E-state index in [-0.39, 0.29) is 24.2 Å². The molecule has 5 heteroatoms. The molecule has 1 N–H and O–H groups in total. The van der Waals surface area contributed by atoms with Crippen molar-refractivity contribution in [1.82, 2.24) is 0 Å². The Bertz CT molecular complexity index is 440. The molecule has 0 saturated heterocycles. The normalized spacial score (nSPS) is 10.3. The first kappa shape index (κ1) is 14.3. The van der Waals surface area contributed by atoms with Crippen LogP contribution < -0.4 is 5.32 Å². The van der Waals surface area contributed by atoms with E-state index in [1.54, 1.807) is 18.2 Å². The number of carbonyl (C=O) groups is 2. The maximum atomic E-state index is 11.0. The highest BCUT2D eigenvalue weighted by Gasteiger charge is 1.99. The number of halogens is 1. The third-order valence-electron chi connectivity index (χ3n) is 2.14. The molecule has 18 heavy (non-hydrogen) atoms. The van der Waals surface area contributed by atoms with E-state index < -0.39 is 0 Å². The molecule has 0 saturated carbocycles. The van der Waals surface area contributed by atoms with Crippen LogP contribution in [0.3, 0.4) is 0 Å². The van der Waals surface area contributed by atoms with Gasteiger partial charge in [0.1, 0.15) is 5.88 Å². The molecule has 0 unspecified atom stereocenters. The van der Waals surface area contributed by atoms with Crippen molar-refractivity contribution >= 4 is 35.2 Å². The molecule has 96 valence electrons. The second kappa shape index (κ2) is 7.50. The highest BCUT2D eigenvalue weighted by molar-refractivity contribution is 6.29. The van der Waals surface area contributed by atoms with Gasteiger partial charge < -0.3 is 10.1 Å². The molecule has 1 amide bonds. The zero-order valence-electron chi connectivity index (χ0n) is 9.98. The lowest BCUT2D eigenvalue weighted by molar-refractivity contribution is -0.139. The van der Waals surface area contributed by atoms with Crippen LogP contribution in [0.1, 0.15) is 12.0 Å². The Hall–Kier alpha value is -1.81. The predicted molar refractivity (Wildman–Crippen MR) is 71.5 cm³/mol. The van der Waals surface area contributed by atoms with Crippen LogP contribution >= 0.6 is 11.6 Å². The molecule has 0 atom stereocenters. The van der Waals surface area contributed by atoms with Gasteiger partial charge in [0.15, 0.2) is 0 Å². The minimum absolute atomic E-state index is 0.0687. The molecule has 0 spiro atoms. The number of methoxy groups -OCH3 is 1. The Morgan fingerprint density at radius 1 is 1.33 bits per heavy atom. The Morgan fingerprint density at radius 3 is 2.56 bits per heavy atom. The average molecular weight is 268 g/mol. The predicted octanol–water partition coefficient (Wildman–Crippen LogP) is 2.44. The van der Waals surface area contributed by atoms with Crippen molar-refractivity contribution in [3.8, 4) is 0 Å². The SMILES string of the molecule is COC(=O)CC=Cc1ccc(NC(=O)CCl)cc1. The van der Waals surface area contributed by atoms with Gasteiger partial charge in [-0.05, 0) is 17.7 Å². The molecule has 1 rings (SSSR count). The van der Waals surface area contributed by atoms with E-state index >= 15 is 0 Å². The summed E-state index contributed by atoms with van der Waals surface area (Å²) in [4.78, 5) is 21.9. The lowest BCUT2D eigenvalue weighted by Gasteiger charge is -2.02. The van der Waals surface area contributed by atoms with Gasteiger partial charge in [-0.2, -0.15) is 0 Å². The van der Waals surface area contributed by atoms with E-state index in [2.05, 4.69) is 10.1 Å². The zero-order valence-corrected chi connectivity index (χ0v) is 10.7. The maximum Gasteiger partial charge on any atom is 0.309 e. The summed E-state index contributed by atoms with van der Waals surface area (Å²) in [5.74, 6) is -0.594. The molecule has 0 aliphatic heterocycles. The Balaban J connectivity index is 2.55. The molecule has 0 heterocycles. The summed E-state index contributed by atoms with van der Waals surface area (Å²) < 4.78 is 4.51. The first-order valence-corrected chi connectivity index (χ1v) is 5.88. The number of rotatable bonds is 5. The third-order valence-corrected chi connectivity index (χ3v) is 2.38. The average Bonchev–Trinajstić information content (AvgIpc) is 2.40. The Kier molecular flexibility index (Phi) is 5.94. The van der Waals surface area contributed by atoms with E-state index in [4.69, 9.17) is 11.6 Å². The quantitative estimate of drug-likeness (QED) is 0.658. The van der Waals surface area contributed by atoms with Crippen molar-refractivity contribution in [2.45, 2.75) is 6.42 Å². The van der Waals surface area contributed by atoms with Crippen LogP contribution in [0, 0.1) is 0 Å². The van der Waals surface area contributed by atoms with Gasteiger partial charge in [0.2, 0.25) is 5.91 Å². The summed E-state index contributed by atoms with van der Waals surface area (Å²) in [6.07, 6.45) is 3.77. The molecule has 1 aromatic rings. The zero-order chi connectivity index (χ0) is 13.4. The maximum absolute atomic E-state index is 11.0. The smallest absolute Gasteiger partial charge is 0.309 e. The lowest BCUT2D eigenvalue weighted by atomic mass is 10.2. The molecular formula is C13H14ClNO3. The van der Waals surface area contributed by atoms with Crippen LogP contribution in [0.4, 0.5) is 5.69 Å². The number of alkyl halides is 1. The van der Waals surface area contributed by atoms with Gasteiger partial charge in [-0.1, -0.05) is 24.3 Å². The highest BCUT2D eigenvalue weighted by atomic mass is 35.5. The van der Waals surface area contributed by atoms with Gasteiger partial charge in [0.25, 0.3) is 0 Å². The second-order valence-corrected chi connectivity index (χ2v) is 3.75. The second-order valence-electron chi connectivity index (χ2n) is 3.49. The third kappa shape index (κ3) is 5.01. The summed E-state index contributed by atoms with van der Waals surface area (Å²) in [6.45, 7) is 0. The summed E-state index contributed by atoms with van der Waals surface area (Å²) in [7, 11) is 1.35. The molecule has 0 bridgehead atoms. The van der Waals surface area contributed by atoms with Gasteiger partial charge in [-0.25, -0.2) is 0 Å². The first-order chi connectivity index (χ1) is 8.65. The molecule has 0 aliphatic carbocycles. The number of hydrogen-bond acceptors (Lipinski definition) is 3. The van der Waals surface area contributed by atoms with Crippen LogP contribution in [0.25, 0.3) is 6.08 Å². The van der Waals surface area contributed by atoms with Crippen LogP contribution in [-0.4, -0.2) is 24.9 Å². The van der Waals surface area contributed by atoms with Crippen molar-refractivity contribution in [3.63, 3.8) is 0 Å². The van der Waals surface area contributed by atoms with Gasteiger partial charge in [-0.15, -0.1) is 11.6 Å². The molecule has 4 nitrogen and oxygen atoms in total. The number of carbonyl (C=O) groups excluding carboxylic acids is 2. The Morgan fingerprint density at radius 2 is 2.00 bits per heavy atom. The van der Waals surface area contributed by atoms with Gasteiger partial charge in [0, 0.05) is 5.69 Å². The molecule has 0 radical (unpaired) electrons. The number of amides is 1. The van der Waals surface area contributed by atoms with Crippen molar-refractivity contribution < 1.29 is 14.3 Å². The van der Waals surface area contributed by atoms with E-state index in [0.717, 1.165) is 5.56 Å². The van der Waals surface area contributed by atoms with Crippen LogP contribution in [-0.2, 0) is 14.3 Å². The minimum atomic E-state index is -0.280. The largest absolute Gasteiger partial charge is 0.469 e. The van der Waals surface area contributed by atoms with Crippen LogP contribution in [0.5, 0.6) is 0 Å². The fourth-order valence-corrected chi connectivity index (χ4v) is 1.31. The number of nitrogens with one attached hydrogen (secondary N) is 1. The van der Waals surface area contributed by atoms with Crippen molar-refractivity contribution in [2.75, 3.05) is 18.3 Å². The van der Waals surface area contributed by atoms with Gasteiger partial charge in [0.05, 0.1) is 13.5 Å². The summed E-state index contributed by atoms with van der Waals surface area (Å²) in [5.41, 5.74) is 1.62. The van der Waals surface area contributed by atoms with Crippen LogP contribution in [0.15, 0.2) is 30.3 Å². The fraction of sp³-hybridized carbons (Fsp3) is 0.231. The number of esters is 1. The van der Waals surface area contributed by atoms with Crippen molar-refractivity contribution in [1.29, 1.82) is 0 Å². The molecule has 1 aromatic carbocycles. The number of benzene rings is 1. The van der Waals surface area contributed by atoms with E-state index in [9.17, 15) is 9.59 Å². The first-order valence-electron chi connectivity index (χ1n) is 5.35. The standard InChI is InChI=1S/C13H14ClNO3/c1-18-13(17)4-2-3-10-5-7-11(8-6-10)15-12(16)9-14/h2-3,5-8H,4,9H2,1H3,(H,15,16). The molecular weight excluding hydrogens is 254 g/mol. The number of hydrogen-bond donors (Lipinski definition) is 1. The number of ether oxygens (including phenoxy) is 1. The van der Waals surface area contributed by atoms with Gasteiger partial charge >= 0.3 is 5.97 Å². The summed E-state index contributed by atoms with van der Waals surface area (Å²) >= 11 is 5.38. The Labute approximate surface area is 111 Å². The van der Waals surface area contributed by atoms with Crippen molar-refractivity contribution in [3.05, 3.63) is 35.9 Å². The topological polar surface area (TPSA) is 55.4 Å². The number of anilines is 1. The highest BCUT2D eigenvalue weighted by Crippen LogP contribution is 2.11. The van der Waals surface area contributed by atoms with E-state index in [1.165, 1.54) is 7.11 Å². The fourth-order valence-electron chi connectivity index (χ4n) is 1.25. The summed E-state index contributed by atoms with van der Waals surface area (Å²) in [5, 5.41) is 2.63. The van der Waals surface area contributed by atoms with E-state index in [1.807, 2.05) is 18.2 Å². The molecule has 0 aromatic heterocycles. The van der Waals surface area contributed by atoms with Gasteiger partial charge in [-0.3, -0.25) is 9.59 Å². The molecule has 0 fully saturated rings. The monoisotopic (exact) mass is 267 g/mol. The minimum Gasteiger partial charge on any atom is -0.469 e. The lowest BCUT2D eigenvalue weighted by Crippen LogP contribution is -2.12. The van der Waals surface area contributed by atoms with E-state index in [0.29, 0.717) is 5.69 Å². The van der Waals surface area contributed by atoms with Crippen molar-refractivity contribution in [2.24, 2.45) is 0 Å². The van der Waals surface area contributed by atoms with Crippen LogP contribution in [0.2, 0.25) is 0 Å². The summed E-state index contributed by atoms with van der Waals surface area (Å²) in [6, 6.07) is 7.19.